The van der Waals surface area contributed by atoms with Crippen LogP contribution in [0.5, 0.6) is 11.5 Å². The first-order chi connectivity index (χ1) is 23.5. The summed E-state index contributed by atoms with van der Waals surface area (Å²) in [6.45, 7) is 3.11. The number of methoxy groups -OCH3 is 2. The first-order valence-electron chi connectivity index (χ1n) is 15.7. The third-order valence-electron chi connectivity index (χ3n) is 8.92. The van der Waals surface area contributed by atoms with Gasteiger partial charge in [-0.1, -0.05) is 48.5 Å². The Kier molecular flexibility index (Phi) is 9.50. The molecular formula is C37H35FN2O9. The maximum atomic E-state index is 14.2. The van der Waals surface area contributed by atoms with Crippen molar-refractivity contribution in [2.75, 3.05) is 20.8 Å². The van der Waals surface area contributed by atoms with E-state index >= 15 is 0 Å². The number of hydrogen-bond acceptors (Lipinski definition) is 9. The minimum Gasteiger partial charge on any atom is -0.497 e. The molecule has 5 unspecified atom stereocenters. The van der Waals surface area contributed by atoms with Gasteiger partial charge in [-0.05, 0) is 70.8 Å². The van der Waals surface area contributed by atoms with Crippen LogP contribution in [0.1, 0.15) is 49.5 Å². The van der Waals surface area contributed by atoms with Gasteiger partial charge in [-0.3, -0.25) is 23.9 Å². The highest BCUT2D eigenvalue weighted by molar-refractivity contribution is 5.88. The van der Waals surface area contributed by atoms with Crippen molar-refractivity contribution in [1.29, 1.82) is 0 Å². The summed E-state index contributed by atoms with van der Waals surface area (Å²) in [7, 11) is 3.18. The zero-order valence-electron chi connectivity index (χ0n) is 27.3. The summed E-state index contributed by atoms with van der Waals surface area (Å²) in [6, 6.07) is 22.5. The van der Waals surface area contributed by atoms with Crippen LogP contribution < -0.4 is 20.7 Å². The SMILES string of the molecule is COc1ccc2cc(C(C)C(=O)OCC3OC(n4cc(F)c(=O)[nH]c4=O)CC3OC(=O)C(C)c3ccc4cc(OC)ccc4c3)ccc2c1. The van der Waals surface area contributed by atoms with Crippen molar-refractivity contribution in [3.63, 3.8) is 0 Å². The van der Waals surface area contributed by atoms with E-state index in [1.807, 2.05) is 77.8 Å². The Morgan fingerprint density at radius 3 is 1.94 bits per heavy atom. The van der Waals surface area contributed by atoms with E-state index in [-0.39, 0.29) is 13.0 Å². The number of benzene rings is 4. The van der Waals surface area contributed by atoms with Crippen molar-refractivity contribution in [2.24, 2.45) is 0 Å². The number of rotatable bonds is 10. The molecule has 0 saturated carbocycles. The van der Waals surface area contributed by atoms with Gasteiger partial charge in [0.25, 0.3) is 5.56 Å². The fraction of sp³-hybridized carbons (Fsp3) is 0.297. The second-order valence-corrected chi connectivity index (χ2v) is 12.0. The first kappa shape index (κ1) is 33.4. The fourth-order valence-corrected chi connectivity index (χ4v) is 5.91. The molecule has 1 N–H and O–H groups in total. The van der Waals surface area contributed by atoms with Gasteiger partial charge in [0, 0.05) is 6.42 Å². The summed E-state index contributed by atoms with van der Waals surface area (Å²) in [4.78, 5) is 52.8. The molecule has 0 radical (unpaired) electrons. The maximum Gasteiger partial charge on any atom is 0.330 e. The predicted octanol–water partition coefficient (Wildman–Crippen LogP) is 5.35. The molecule has 0 spiro atoms. The molecule has 4 aromatic carbocycles. The Hall–Kier alpha value is -5.49. The summed E-state index contributed by atoms with van der Waals surface area (Å²) < 4.78 is 43.2. The lowest BCUT2D eigenvalue weighted by molar-refractivity contribution is -0.159. The van der Waals surface area contributed by atoms with Gasteiger partial charge in [-0.2, -0.15) is 4.39 Å². The van der Waals surface area contributed by atoms with Gasteiger partial charge in [-0.15, -0.1) is 0 Å². The minimum atomic E-state index is -1.18. The van der Waals surface area contributed by atoms with E-state index in [2.05, 4.69) is 0 Å². The summed E-state index contributed by atoms with van der Waals surface area (Å²) in [5.74, 6) is -2.19. The van der Waals surface area contributed by atoms with Crippen LogP contribution in [-0.2, 0) is 23.8 Å². The van der Waals surface area contributed by atoms with E-state index in [0.29, 0.717) is 11.3 Å². The lowest BCUT2D eigenvalue weighted by Gasteiger charge is -2.22. The number of aromatic amines is 1. The molecule has 6 rings (SSSR count). The predicted molar refractivity (Wildman–Crippen MR) is 178 cm³/mol. The molecule has 254 valence electrons. The number of fused-ring (bicyclic) bond motifs is 2. The van der Waals surface area contributed by atoms with E-state index in [1.165, 1.54) is 0 Å². The maximum absolute atomic E-state index is 14.2. The zero-order valence-corrected chi connectivity index (χ0v) is 27.3. The molecule has 11 nitrogen and oxygen atoms in total. The van der Waals surface area contributed by atoms with E-state index in [4.69, 9.17) is 23.7 Å². The van der Waals surface area contributed by atoms with Crippen molar-refractivity contribution in [2.45, 2.75) is 50.5 Å². The Labute approximate surface area is 280 Å². The largest absolute Gasteiger partial charge is 0.497 e. The standard InChI is InChI=1S/C37H35FN2O9/c1-20(22-5-7-26-15-28(45-3)11-9-24(26)13-22)35(42)47-19-32-31(17-33(48-32)40-18-30(38)34(41)39-37(40)44)49-36(43)21(2)23-6-8-27-16-29(46-4)12-10-25(27)14-23/h5-16,18,20-21,31-33H,17,19H2,1-4H3,(H,39,41,44). The van der Waals surface area contributed by atoms with E-state index < -0.39 is 59.3 Å². The van der Waals surface area contributed by atoms with Gasteiger partial charge in [0.05, 0.1) is 32.3 Å². The van der Waals surface area contributed by atoms with Crippen LogP contribution >= 0.6 is 0 Å². The lowest BCUT2D eigenvalue weighted by Crippen LogP contribution is -2.34. The molecule has 5 aromatic rings. The molecule has 0 amide bonds. The second-order valence-electron chi connectivity index (χ2n) is 12.0. The number of aromatic nitrogens is 2. The third-order valence-corrected chi connectivity index (χ3v) is 8.92. The number of nitrogens with one attached hydrogen (secondary N) is 1. The topological polar surface area (TPSA) is 135 Å². The Morgan fingerprint density at radius 2 is 1.37 bits per heavy atom. The number of carbonyl (C=O) groups is 2. The van der Waals surface area contributed by atoms with Crippen molar-refractivity contribution in [1.82, 2.24) is 9.55 Å². The normalized spacial score (nSPS) is 18.6. The van der Waals surface area contributed by atoms with E-state index in [0.717, 1.165) is 43.6 Å². The van der Waals surface area contributed by atoms with Crippen LogP contribution in [-0.4, -0.2) is 54.5 Å². The monoisotopic (exact) mass is 670 g/mol. The molecule has 0 aliphatic carbocycles. The Balaban J connectivity index is 1.19. The van der Waals surface area contributed by atoms with Gasteiger partial charge in [-0.25, -0.2) is 4.79 Å². The van der Waals surface area contributed by atoms with Crippen molar-refractivity contribution < 1.29 is 37.7 Å². The Morgan fingerprint density at radius 1 is 0.837 bits per heavy atom. The third kappa shape index (κ3) is 7.05. The number of nitrogens with zero attached hydrogens (tertiary/aromatic N) is 1. The zero-order chi connectivity index (χ0) is 34.8. The first-order valence-corrected chi connectivity index (χ1v) is 15.7. The fourth-order valence-electron chi connectivity index (χ4n) is 5.91. The van der Waals surface area contributed by atoms with Crippen molar-refractivity contribution >= 4 is 33.5 Å². The van der Waals surface area contributed by atoms with Gasteiger partial charge >= 0.3 is 17.6 Å². The van der Waals surface area contributed by atoms with E-state index in [9.17, 15) is 23.6 Å². The molecule has 12 heteroatoms. The lowest BCUT2D eigenvalue weighted by atomic mass is 9.97. The Bertz CT molecular complexity index is 2160. The highest BCUT2D eigenvalue weighted by Crippen LogP contribution is 2.33. The van der Waals surface area contributed by atoms with Crippen LogP contribution in [0.3, 0.4) is 0 Å². The highest BCUT2D eigenvalue weighted by atomic mass is 19.1. The molecule has 1 aliphatic heterocycles. The summed E-state index contributed by atoms with van der Waals surface area (Å²) >= 11 is 0. The average molecular weight is 671 g/mol. The van der Waals surface area contributed by atoms with E-state index in [1.54, 1.807) is 28.1 Å². The second kappa shape index (κ2) is 13.9. The molecule has 2 heterocycles. The number of hydrogen-bond donors (Lipinski definition) is 1. The van der Waals surface area contributed by atoms with Crippen LogP contribution in [0.4, 0.5) is 4.39 Å². The molecule has 49 heavy (non-hydrogen) atoms. The van der Waals surface area contributed by atoms with Gasteiger partial charge < -0.3 is 23.7 Å². The average Bonchev–Trinajstić information content (AvgIpc) is 3.52. The van der Waals surface area contributed by atoms with Gasteiger partial charge in [0.1, 0.15) is 36.5 Å². The van der Waals surface area contributed by atoms with Gasteiger partial charge in [0.15, 0.2) is 0 Å². The molecule has 0 bridgehead atoms. The minimum absolute atomic E-state index is 0.0622. The molecular weight excluding hydrogens is 635 g/mol. The molecule has 1 saturated heterocycles. The summed E-state index contributed by atoms with van der Waals surface area (Å²) in [5.41, 5.74) is -0.628. The molecule has 1 fully saturated rings. The molecule has 5 atom stereocenters. The van der Waals surface area contributed by atoms with Crippen LogP contribution in [0, 0.1) is 5.82 Å². The van der Waals surface area contributed by atoms with Gasteiger partial charge in [0.2, 0.25) is 5.82 Å². The number of H-pyrrole nitrogens is 1. The van der Waals surface area contributed by atoms with Crippen LogP contribution in [0.25, 0.3) is 21.5 Å². The van der Waals surface area contributed by atoms with Crippen molar-refractivity contribution in [3.05, 3.63) is 117 Å². The summed E-state index contributed by atoms with van der Waals surface area (Å²) in [6.07, 6.45) is -2.39. The molecule has 1 aliphatic rings. The number of carbonyl (C=O) groups excluding carboxylic acids is 2. The number of ether oxygens (including phenoxy) is 5. The number of halogens is 1. The smallest absolute Gasteiger partial charge is 0.330 e. The van der Waals surface area contributed by atoms with Crippen LogP contribution in [0.2, 0.25) is 0 Å². The van der Waals surface area contributed by atoms with Crippen LogP contribution in [0.15, 0.2) is 88.6 Å². The number of esters is 2. The summed E-state index contributed by atoms with van der Waals surface area (Å²) in [5, 5.41) is 3.72. The molecule has 1 aromatic heterocycles. The quantitative estimate of drug-likeness (QED) is 0.195. The highest BCUT2D eigenvalue weighted by Gasteiger charge is 2.41. The van der Waals surface area contributed by atoms with Crippen molar-refractivity contribution in [3.8, 4) is 11.5 Å².